The zero-order valence-corrected chi connectivity index (χ0v) is 18.4. The van der Waals surface area contributed by atoms with Crippen molar-refractivity contribution in [3.05, 3.63) is 58.6 Å². The van der Waals surface area contributed by atoms with Gasteiger partial charge in [0, 0.05) is 23.6 Å². The smallest absolute Gasteiger partial charge is 0.248 e. The highest BCUT2D eigenvalue weighted by Crippen LogP contribution is 2.21. The summed E-state index contributed by atoms with van der Waals surface area (Å²) in [4.78, 5) is 18.6. The van der Waals surface area contributed by atoms with Gasteiger partial charge in [-0.25, -0.2) is 4.39 Å². The van der Waals surface area contributed by atoms with E-state index in [1.54, 1.807) is 29.6 Å². The van der Waals surface area contributed by atoms with E-state index < -0.39 is 0 Å². The lowest BCUT2D eigenvalue weighted by Crippen LogP contribution is -2.18. The Kier molecular flexibility index (Phi) is 7.76. The van der Waals surface area contributed by atoms with Crippen molar-refractivity contribution in [2.75, 3.05) is 17.8 Å². The summed E-state index contributed by atoms with van der Waals surface area (Å²) < 4.78 is 16.4. The molecule has 7 heteroatoms. The molecular weight excluding hydrogens is 411 g/mol. The largest absolute Gasteiger partial charge is 0.316 e. The minimum absolute atomic E-state index is 0.116. The maximum Gasteiger partial charge on any atom is 0.248 e. The molecule has 28 heavy (non-hydrogen) atoms. The van der Waals surface area contributed by atoms with Crippen molar-refractivity contribution in [2.45, 2.75) is 31.2 Å². The van der Waals surface area contributed by atoms with Crippen LogP contribution in [-0.4, -0.2) is 28.2 Å². The molecule has 3 nitrogen and oxygen atoms in total. The fraction of sp³-hybridized carbons (Fsp3) is 0.333. The lowest BCUT2D eigenvalue weighted by molar-refractivity contribution is -0.118. The van der Waals surface area contributed by atoms with Crippen LogP contribution in [0.5, 0.6) is 0 Å². The molecule has 1 amide bonds. The SMILES string of the molecule is CSCCn1c(=NC(=O)CCCSc2ccc(C)cc2)sc2cc(F)ccc21. The Morgan fingerprint density at radius 1 is 1.18 bits per heavy atom. The minimum Gasteiger partial charge on any atom is -0.316 e. The maximum absolute atomic E-state index is 13.6. The van der Waals surface area contributed by atoms with E-state index in [0.29, 0.717) is 11.2 Å². The van der Waals surface area contributed by atoms with Crippen LogP contribution in [0.25, 0.3) is 10.2 Å². The molecule has 0 radical (unpaired) electrons. The van der Waals surface area contributed by atoms with E-state index in [-0.39, 0.29) is 11.7 Å². The Balaban J connectivity index is 1.66. The Morgan fingerprint density at radius 2 is 1.96 bits per heavy atom. The number of aryl methyl sites for hydroxylation is 2. The van der Waals surface area contributed by atoms with Crippen LogP contribution < -0.4 is 4.80 Å². The molecule has 0 aliphatic carbocycles. The molecule has 0 saturated heterocycles. The molecular formula is C21H23FN2OS3. The quantitative estimate of drug-likeness (QED) is 0.346. The third-order valence-electron chi connectivity index (χ3n) is 4.21. The molecule has 0 aliphatic heterocycles. The first-order chi connectivity index (χ1) is 13.6. The van der Waals surface area contributed by atoms with Crippen LogP contribution >= 0.6 is 34.9 Å². The molecule has 2 aromatic carbocycles. The number of benzene rings is 2. The number of hydrogen-bond acceptors (Lipinski definition) is 4. The number of fused-ring (bicyclic) bond motifs is 1. The molecule has 0 spiro atoms. The van der Waals surface area contributed by atoms with E-state index in [1.807, 2.05) is 10.8 Å². The van der Waals surface area contributed by atoms with Gasteiger partial charge in [0.2, 0.25) is 5.91 Å². The summed E-state index contributed by atoms with van der Waals surface area (Å²) >= 11 is 4.87. The highest BCUT2D eigenvalue weighted by molar-refractivity contribution is 7.99. The molecule has 0 unspecified atom stereocenters. The number of thiazole rings is 1. The molecule has 0 bridgehead atoms. The van der Waals surface area contributed by atoms with Gasteiger partial charge in [-0.05, 0) is 55.7 Å². The molecule has 1 heterocycles. The van der Waals surface area contributed by atoms with Crippen molar-refractivity contribution >= 4 is 51.0 Å². The number of nitrogens with zero attached hydrogens (tertiary/aromatic N) is 2. The highest BCUT2D eigenvalue weighted by Gasteiger charge is 2.09. The van der Waals surface area contributed by atoms with Crippen LogP contribution in [0.15, 0.2) is 52.4 Å². The average Bonchev–Trinajstić information content (AvgIpc) is 3.00. The molecule has 148 valence electrons. The second kappa shape index (κ2) is 10.3. The predicted octanol–water partition coefficient (Wildman–Crippen LogP) is 5.51. The second-order valence-corrected chi connectivity index (χ2v) is 9.57. The van der Waals surface area contributed by atoms with Crippen LogP contribution in [-0.2, 0) is 11.3 Å². The maximum atomic E-state index is 13.6. The molecule has 0 N–H and O–H groups in total. The lowest BCUT2D eigenvalue weighted by atomic mass is 10.2. The van der Waals surface area contributed by atoms with E-state index in [9.17, 15) is 9.18 Å². The minimum atomic E-state index is -0.267. The van der Waals surface area contributed by atoms with Gasteiger partial charge >= 0.3 is 0 Å². The van der Waals surface area contributed by atoms with Crippen molar-refractivity contribution in [3.63, 3.8) is 0 Å². The lowest BCUT2D eigenvalue weighted by Gasteiger charge is -2.04. The fourth-order valence-corrected chi connectivity index (χ4v) is 5.06. The Bertz CT molecular complexity index is 1010. The average molecular weight is 435 g/mol. The van der Waals surface area contributed by atoms with E-state index in [0.717, 1.165) is 34.7 Å². The standard InChI is InChI=1S/C21H23FN2OS3/c1-15-5-8-17(9-6-15)27-12-3-4-20(25)23-21-24(11-13-26-2)18-10-7-16(22)14-19(18)28-21/h5-10,14H,3-4,11-13H2,1-2H3. The first-order valence-electron chi connectivity index (χ1n) is 9.11. The zero-order chi connectivity index (χ0) is 19.9. The third kappa shape index (κ3) is 5.72. The fourth-order valence-electron chi connectivity index (χ4n) is 2.74. The number of hydrogen-bond donors (Lipinski definition) is 0. The van der Waals surface area contributed by atoms with Crippen LogP contribution in [0.3, 0.4) is 0 Å². The van der Waals surface area contributed by atoms with Gasteiger partial charge in [-0.15, -0.1) is 11.8 Å². The second-order valence-electron chi connectivity index (χ2n) is 6.41. The van der Waals surface area contributed by atoms with Crippen molar-refractivity contribution in [1.29, 1.82) is 0 Å². The van der Waals surface area contributed by atoms with Crippen LogP contribution in [0.1, 0.15) is 18.4 Å². The first-order valence-corrected chi connectivity index (χ1v) is 12.3. The molecule has 0 aliphatic rings. The highest BCUT2D eigenvalue weighted by atomic mass is 32.2. The van der Waals surface area contributed by atoms with Gasteiger partial charge in [0.15, 0.2) is 4.80 Å². The summed E-state index contributed by atoms with van der Waals surface area (Å²) in [6.07, 6.45) is 3.25. The summed E-state index contributed by atoms with van der Waals surface area (Å²) in [5, 5.41) is 0. The molecule has 3 rings (SSSR count). The van der Waals surface area contributed by atoms with E-state index in [2.05, 4.69) is 36.2 Å². The topological polar surface area (TPSA) is 34.4 Å². The van der Waals surface area contributed by atoms with Gasteiger partial charge in [0.25, 0.3) is 0 Å². The Labute approximate surface area is 177 Å². The third-order valence-corrected chi connectivity index (χ3v) is 6.94. The van der Waals surface area contributed by atoms with Gasteiger partial charge in [0.05, 0.1) is 10.2 Å². The normalized spacial score (nSPS) is 12.0. The van der Waals surface area contributed by atoms with Crippen LogP contribution in [0, 0.1) is 12.7 Å². The van der Waals surface area contributed by atoms with Gasteiger partial charge < -0.3 is 4.57 Å². The number of aromatic nitrogens is 1. The number of carbonyl (C=O) groups is 1. The van der Waals surface area contributed by atoms with Gasteiger partial charge in [0.1, 0.15) is 5.82 Å². The molecule has 3 aromatic rings. The number of rotatable bonds is 8. The van der Waals surface area contributed by atoms with Gasteiger partial charge in [-0.1, -0.05) is 29.0 Å². The van der Waals surface area contributed by atoms with Crippen LogP contribution in [0.2, 0.25) is 0 Å². The molecule has 0 atom stereocenters. The molecule has 0 saturated carbocycles. The summed E-state index contributed by atoms with van der Waals surface area (Å²) in [6, 6.07) is 13.1. The number of halogens is 1. The first kappa shape index (κ1) is 21.1. The van der Waals surface area contributed by atoms with Gasteiger partial charge in [-0.2, -0.15) is 16.8 Å². The number of amides is 1. The van der Waals surface area contributed by atoms with Crippen LogP contribution in [0.4, 0.5) is 4.39 Å². The zero-order valence-electron chi connectivity index (χ0n) is 16.0. The van der Waals surface area contributed by atoms with Crippen molar-refractivity contribution in [3.8, 4) is 0 Å². The van der Waals surface area contributed by atoms with Crippen molar-refractivity contribution < 1.29 is 9.18 Å². The summed E-state index contributed by atoms with van der Waals surface area (Å²) in [5.74, 6) is 1.41. The predicted molar refractivity (Wildman–Crippen MR) is 120 cm³/mol. The number of thioether (sulfide) groups is 2. The van der Waals surface area contributed by atoms with Gasteiger partial charge in [-0.3, -0.25) is 4.79 Å². The van der Waals surface area contributed by atoms with E-state index in [1.165, 1.54) is 33.9 Å². The summed E-state index contributed by atoms with van der Waals surface area (Å²) in [7, 11) is 0. The molecule has 1 aromatic heterocycles. The Hall–Kier alpha value is -1.57. The van der Waals surface area contributed by atoms with Crippen molar-refractivity contribution in [2.24, 2.45) is 4.99 Å². The van der Waals surface area contributed by atoms with E-state index >= 15 is 0 Å². The summed E-state index contributed by atoms with van der Waals surface area (Å²) in [5.41, 5.74) is 2.18. The van der Waals surface area contributed by atoms with E-state index in [4.69, 9.17) is 0 Å². The Morgan fingerprint density at radius 3 is 2.71 bits per heavy atom. The summed E-state index contributed by atoms with van der Waals surface area (Å²) in [6.45, 7) is 2.82. The number of carbonyl (C=O) groups excluding carboxylic acids is 1. The van der Waals surface area contributed by atoms with Crippen molar-refractivity contribution in [1.82, 2.24) is 4.57 Å². The monoisotopic (exact) mass is 434 g/mol. The molecule has 0 fully saturated rings.